The van der Waals surface area contributed by atoms with Gasteiger partial charge in [0.25, 0.3) is 0 Å². The van der Waals surface area contributed by atoms with E-state index < -0.39 is 24.4 Å². The Balaban J connectivity index is 1.87. The van der Waals surface area contributed by atoms with Crippen molar-refractivity contribution in [2.75, 3.05) is 46.4 Å². The third kappa shape index (κ3) is 4.72. The number of thiocarbonyl (C=S) groups is 1. The van der Waals surface area contributed by atoms with Gasteiger partial charge in [-0.1, -0.05) is 0 Å². The molecule has 0 amide bonds. The average Bonchev–Trinajstić information content (AvgIpc) is 2.52. The van der Waals surface area contributed by atoms with Gasteiger partial charge in [-0.3, -0.25) is 0 Å². The molecule has 132 valence electrons. The van der Waals surface area contributed by atoms with Crippen LogP contribution in [0.3, 0.4) is 0 Å². The van der Waals surface area contributed by atoms with Crippen LogP contribution in [0.5, 0.6) is 0 Å². The highest BCUT2D eigenvalue weighted by Gasteiger charge is 2.38. The zero-order valence-electron chi connectivity index (χ0n) is 13.1. The number of likely N-dealkylation sites (N-methyl/N-ethyl adjacent to an activating group) is 1. The fourth-order valence-electron chi connectivity index (χ4n) is 2.57. The van der Waals surface area contributed by atoms with E-state index in [9.17, 15) is 10.2 Å². The summed E-state index contributed by atoms with van der Waals surface area (Å²) in [5.74, 6) is 0.329. The Morgan fingerprint density at radius 2 is 1.96 bits per heavy atom. The molecule has 0 aromatic carbocycles. The monoisotopic (exact) mass is 347 g/mol. The van der Waals surface area contributed by atoms with Crippen LogP contribution < -0.4 is 11.1 Å². The number of hydrogen-bond acceptors (Lipinski definition) is 6. The minimum absolute atomic E-state index is 0.105. The molecular weight excluding hydrogens is 322 g/mol. The SMILES string of the molecule is CN1CCN(/C(N)=N/C(=S)N[C@H]2CO[C@H](CO)[C@H](O)[C@@H]2O)CC1. The number of piperazine rings is 1. The number of aliphatic hydroxyl groups is 3. The van der Waals surface area contributed by atoms with E-state index >= 15 is 0 Å². The lowest BCUT2D eigenvalue weighted by molar-refractivity contribution is -0.159. The summed E-state index contributed by atoms with van der Waals surface area (Å²) < 4.78 is 5.28. The topological polar surface area (TPSA) is 127 Å². The van der Waals surface area contributed by atoms with Gasteiger partial charge in [-0.2, -0.15) is 4.99 Å². The molecular formula is C13H25N5O4S. The Labute approximate surface area is 140 Å². The third-order valence-corrected chi connectivity index (χ3v) is 4.37. The second kappa shape index (κ2) is 8.18. The average molecular weight is 347 g/mol. The van der Waals surface area contributed by atoms with Crippen molar-refractivity contribution in [1.82, 2.24) is 15.1 Å². The van der Waals surface area contributed by atoms with Crippen molar-refractivity contribution in [3.63, 3.8) is 0 Å². The van der Waals surface area contributed by atoms with Crippen LogP contribution in [0.25, 0.3) is 0 Å². The first-order valence-corrected chi connectivity index (χ1v) is 8.00. The molecule has 2 rings (SSSR count). The summed E-state index contributed by atoms with van der Waals surface area (Å²) in [5.41, 5.74) is 5.96. The van der Waals surface area contributed by atoms with Crippen molar-refractivity contribution in [3.8, 4) is 0 Å². The number of guanidine groups is 1. The maximum atomic E-state index is 10.0. The Hall–Kier alpha value is -1.04. The molecule has 9 nitrogen and oxygen atoms in total. The molecule has 2 fully saturated rings. The molecule has 0 unspecified atom stereocenters. The number of ether oxygens (including phenoxy) is 1. The van der Waals surface area contributed by atoms with Crippen LogP contribution >= 0.6 is 12.2 Å². The Morgan fingerprint density at radius 3 is 2.57 bits per heavy atom. The fourth-order valence-corrected chi connectivity index (χ4v) is 2.82. The lowest BCUT2D eigenvalue weighted by Crippen LogP contribution is -2.59. The van der Waals surface area contributed by atoms with Gasteiger partial charge in [-0.15, -0.1) is 0 Å². The van der Waals surface area contributed by atoms with Crippen molar-refractivity contribution in [1.29, 1.82) is 0 Å². The van der Waals surface area contributed by atoms with E-state index in [0.717, 1.165) is 26.2 Å². The van der Waals surface area contributed by atoms with Crippen LogP contribution in [0.1, 0.15) is 0 Å². The van der Waals surface area contributed by atoms with Gasteiger partial charge in [-0.05, 0) is 19.3 Å². The van der Waals surface area contributed by atoms with Gasteiger partial charge in [0.1, 0.15) is 18.3 Å². The molecule has 0 saturated carbocycles. The highest BCUT2D eigenvalue weighted by molar-refractivity contribution is 7.80. The maximum absolute atomic E-state index is 10.0. The second-order valence-corrected chi connectivity index (χ2v) is 6.24. The fraction of sp³-hybridized carbons (Fsp3) is 0.846. The van der Waals surface area contributed by atoms with E-state index in [4.69, 9.17) is 27.8 Å². The van der Waals surface area contributed by atoms with Crippen LogP contribution in [-0.4, -0.2) is 107 Å². The molecule has 0 aliphatic carbocycles. The van der Waals surface area contributed by atoms with Crippen LogP contribution in [0, 0.1) is 0 Å². The highest BCUT2D eigenvalue weighted by atomic mass is 32.1. The van der Waals surface area contributed by atoms with E-state index in [0.29, 0.717) is 5.96 Å². The largest absolute Gasteiger partial charge is 0.394 e. The quantitative estimate of drug-likeness (QED) is 0.201. The smallest absolute Gasteiger partial charge is 0.198 e. The van der Waals surface area contributed by atoms with E-state index in [1.54, 1.807) is 0 Å². The molecule has 0 bridgehead atoms. The van der Waals surface area contributed by atoms with Crippen LogP contribution in [0.2, 0.25) is 0 Å². The van der Waals surface area contributed by atoms with Crippen LogP contribution in [0.15, 0.2) is 4.99 Å². The number of aliphatic hydroxyl groups excluding tert-OH is 3. The summed E-state index contributed by atoms with van der Waals surface area (Å²) in [5, 5.41) is 31.9. The lowest BCUT2D eigenvalue weighted by Gasteiger charge is -2.37. The Bertz CT molecular complexity index is 444. The predicted octanol–water partition coefficient (Wildman–Crippen LogP) is -3.10. The molecule has 2 aliphatic heterocycles. The molecule has 2 aliphatic rings. The standard InChI is InChI=1S/C13H25N5O4S/c1-17-2-4-18(5-3-17)12(14)16-13(23)15-8-7-22-9(6-19)11(21)10(8)20/h8-11,19-21H,2-7H2,1H3,(H3,14,15,16,23)/t8-,9+,10+,11-/m0/s1. The zero-order chi connectivity index (χ0) is 17.0. The summed E-state index contributed by atoms with van der Waals surface area (Å²) in [6, 6.07) is -0.607. The molecule has 6 N–H and O–H groups in total. The van der Waals surface area contributed by atoms with Gasteiger partial charge in [0.2, 0.25) is 0 Å². The molecule has 2 heterocycles. The zero-order valence-corrected chi connectivity index (χ0v) is 13.9. The van der Waals surface area contributed by atoms with Gasteiger partial charge in [0, 0.05) is 26.2 Å². The van der Waals surface area contributed by atoms with Crippen molar-refractivity contribution < 1.29 is 20.1 Å². The summed E-state index contributed by atoms with van der Waals surface area (Å²) in [7, 11) is 2.05. The van der Waals surface area contributed by atoms with Crippen LogP contribution in [-0.2, 0) is 4.74 Å². The van der Waals surface area contributed by atoms with Crippen molar-refractivity contribution in [2.45, 2.75) is 24.4 Å². The highest BCUT2D eigenvalue weighted by Crippen LogP contribution is 2.15. The van der Waals surface area contributed by atoms with Crippen LogP contribution in [0.4, 0.5) is 0 Å². The van der Waals surface area contributed by atoms with Gasteiger partial charge < -0.3 is 40.9 Å². The van der Waals surface area contributed by atoms with Gasteiger partial charge in [-0.25, -0.2) is 0 Å². The van der Waals surface area contributed by atoms with Crippen molar-refractivity contribution in [2.24, 2.45) is 10.7 Å². The number of rotatable bonds is 2. The minimum atomic E-state index is -1.19. The molecule has 0 radical (unpaired) electrons. The molecule has 0 spiro atoms. The first-order valence-electron chi connectivity index (χ1n) is 7.59. The van der Waals surface area contributed by atoms with E-state index in [1.165, 1.54) is 0 Å². The van der Waals surface area contributed by atoms with Gasteiger partial charge in [0.15, 0.2) is 11.1 Å². The minimum Gasteiger partial charge on any atom is -0.394 e. The first-order chi connectivity index (χ1) is 10.9. The number of hydrogen-bond donors (Lipinski definition) is 5. The lowest BCUT2D eigenvalue weighted by atomic mass is 9.99. The van der Waals surface area contributed by atoms with Gasteiger partial charge in [0.05, 0.1) is 19.3 Å². The van der Waals surface area contributed by atoms with E-state index in [-0.39, 0.29) is 18.3 Å². The third-order valence-electron chi connectivity index (χ3n) is 4.17. The molecule has 2 saturated heterocycles. The summed E-state index contributed by atoms with van der Waals surface area (Å²) in [4.78, 5) is 8.29. The molecule has 10 heteroatoms. The normalized spacial score (nSPS) is 33.6. The van der Waals surface area contributed by atoms with Gasteiger partial charge >= 0.3 is 0 Å². The number of nitrogens with zero attached hydrogens (tertiary/aromatic N) is 3. The summed E-state index contributed by atoms with van der Waals surface area (Å²) >= 11 is 5.14. The molecule has 0 aromatic heterocycles. The molecule has 4 atom stereocenters. The number of nitrogens with two attached hydrogens (primary N) is 1. The number of nitrogens with one attached hydrogen (secondary N) is 1. The summed E-state index contributed by atoms with van der Waals surface area (Å²) in [6.45, 7) is 3.11. The first kappa shape index (κ1) is 18.3. The number of aliphatic imine (C=N–C) groups is 1. The predicted molar refractivity (Wildman–Crippen MR) is 89.1 cm³/mol. The van der Waals surface area contributed by atoms with Crippen molar-refractivity contribution >= 4 is 23.3 Å². The Morgan fingerprint density at radius 1 is 1.30 bits per heavy atom. The van der Waals surface area contributed by atoms with Crippen molar-refractivity contribution in [3.05, 3.63) is 0 Å². The maximum Gasteiger partial charge on any atom is 0.198 e. The molecule has 0 aromatic rings. The Kier molecular flexibility index (Phi) is 6.50. The second-order valence-electron chi connectivity index (χ2n) is 5.85. The molecule has 23 heavy (non-hydrogen) atoms. The van der Waals surface area contributed by atoms with E-state index in [2.05, 4.69) is 15.2 Å². The van der Waals surface area contributed by atoms with E-state index in [1.807, 2.05) is 11.9 Å². The summed E-state index contributed by atoms with van der Waals surface area (Å²) in [6.07, 6.45) is -3.09.